The summed E-state index contributed by atoms with van der Waals surface area (Å²) < 4.78 is 18.4. The number of hydrogen-bond donors (Lipinski definition) is 0. The summed E-state index contributed by atoms with van der Waals surface area (Å²) in [6.07, 6.45) is 0. The first kappa shape index (κ1) is 61.8. The molecule has 105 heavy (non-hydrogen) atoms. The summed E-state index contributed by atoms with van der Waals surface area (Å²) in [5.41, 5.74) is 30.2. The van der Waals surface area contributed by atoms with Crippen molar-refractivity contribution < 1.29 is 4.39 Å². The average Bonchev–Trinajstić information content (AvgIpc) is 0.687. The van der Waals surface area contributed by atoms with Crippen molar-refractivity contribution in [3.05, 3.63) is 394 Å². The van der Waals surface area contributed by atoms with Gasteiger partial charge < -0.3 is 24.5 Å². The van der Waals surface area contributed by atoms with Crippen LogP contribution in [0.3, 0.4) is 0 Å². The van der Waals surface area contributed by atoms with E-state index in [-0.39, 0.29) is 19.2 Å². The average molecular weight is 1360 g/mol. The fourth-order valence-corrected chi connectivity index (χ4v) is 18.1. The van der Waals surface area contributed by atoms with Gasteiger partial charge in [-0.15, -0.1) is 0 Å². The highest BCUT2D eigenvalue weighted by molar-refractivity contribution is 8.00. The maximum Gasteiger partial charge on any atom is 0.252 e. The highest BCUT2D eigenvalue weighted by atomic mass is 32.2. The van der Waals surface area contributed by atoms with E-state index in [4.69, 9.17) is 0 Å². The summed E-state index contributed by atoms with van der Waals surface area (Å²) in [6.45, 7) is -0.554. The molecule has 20 rings (SSSR count). The summed E-state index contributed by atoms with van der Waals surface area (Å²) in [5, 5.41) is 0. The second kappa shape index (κ2) is 25.8. The lowest BCUT2D eigenvalue weighted by Crippen LogP contribution is -2.64. The fraction of sp³-hybridized carbons (Fsp3) is 0. The van der Waals surface area contributed by atoms with Crippen LogP contribution in [0.2, 0.25) is 0 Å². The van der Waals surface area contributed by atoms with Crippen molar-refractivity contribution in [1.29, 1.82) is 0 Å². The minimum Gasteiger partial charge on any atom is -0.311 e. The molecule has 0 aromatic heterocycles. The van der Waals surface area contributed by atoms with Crippen molar-refractivity contribution in [3.8, 4) is 44.5 Å². The Morgan fingerprint density at radius 1 is 0.248 bits per heavy atom. The molecule has 16 aromatic rings. The fourth-order valence-electron chi connectivity index (χ4n) is 16.9. The maximum atomic E-state index is 18.4. The minimum absolute atomic E-state index is 0.196. The molecule has 5 nitrogen and oxygen atoms in total. The predicted octanol–water partition coefficient (Wildman–Crippen LogP) is 22.3. The Bertz CT molecular complexity index is 5850. The van der Waals surface area contributed by atoms with Gasteiger partial charge in [-0.05, 0) is 153 Å². The molecule has 0 radical (unpaired) electrons. The normalized spacial score (nSPS) is 12.7. The van der Waals surface area contributed by atoms with E-state index in [0.29, 0.717) is 5.69 Å². The molecule has 0 saturated heterocycles. The molecule has 4 aliphatic rings. The Hall–Kier alpha value is -13.1. The van der Waals surface area contributed by atoms with Crippen LogP contribution in [0.15, 0.2) is 398 Å². The summed E-state index contributed by atoms with van der Waals surface area (Å²) >= 11 is 1.82. The number of fused-ring (bicyclic) bond motifs is 8. The largest absolute Gasteiger partial charge is 0.311 e. The van der Waals surface area contributed by atoms with E-state index >= 15 is 4.39 Å². The zero-order chi connectivity index (χ0) is 69.5. The third kappa shape index (κ3) is 10.3. The lowest BCUT2D eigenvalue weighted by Gasteiger charge is -2.46. The van der Waals surface area contributed by atoms with Gasteiger partial charge in [0.1, 0.15) is 5.82 Å². The molecular formula is C96H64B2FN5S. The second-order valence-electron chi connectivity index (χ2n) is 27.1. The van der Waals surface area contributed by atoms with Crippen LogP contribution in [0.25, 0.3) is 44.5 Å². The number of benzene rings is 16. The van der Waals surface area contributed by atoms with Crippen LogP contribution in [-0.2, 0) is 0 Å². The molecular weight excluding hydrogens is 1300 g/mol. The van der Waals surface area contributed by atoms with Gasteiger partial charge in [0.25, 0.3) is 6.71 Å². The van der Waals surface area contributed by atoms with E-state index in [2.05, 4.69) is 388 Å². The highest BCUT2D eigenvalue weighted by Gasteiger charge is 2.49. The van der Waals surface area contributed by atoms with Crippen molar-refractivity contribution in [2.75, 3.05) is 24.5 Å². The molecule has 0 bridgehead atoms. The third-order valence-electron chi connectivity index (χ3n) is 21.3. The Morgan fingerprint density at radius 2 is 0.638 bits per heavy atom. The molecule has 16 aromatic carbocycles. The van der Waals surface area contributed by atoms with Crippen LogP contribution in [0.5, 0.6) is 0 Å². The van der Waals surface area contributed by atoms with Gasteiger partial charge >= 0.3 is 0 Å². The Labute approximate surface area is 616 Å². The highest BCUT2D eigenvalue weighted by Crippen LogP contribution is 2.56. The molecule has 492 valence electrons. The quantitative estimate of drug-likeness (QED) is 0.106. The van der Waals surface area contributed by atoms with E-state index in [0.717, 1.165) is 150 Å². The van der Waals surface area contributed by atoms with Crippen LogP contribution in [0, 0.1) is 5.82 Å². The van der Waals surface area contributed by atoms with E-state index in [9.17, 15) is 0 Å². The molecule has 0 N–H and O–H groups in total. The maximum absolute atomic E-state index is 18.4. The standard InChI is InChI=1S/C96H64B2FN5S/c99-83-55-27-30-58-86(83)103-87-64-91-82(98-79-53-25-28-56-84(79)102(72-47-23-8-24-48-72)90-61-74(62-92(105-91)94(90)98)100(69-41-17-5-18-42-69)70-43-19-6-20-44-70)63-81(87)97-80-54-26-29-57-85(80)104(96-77(67-37-13-3-14-38-67)51-32-52-78(96)68-39-15-4-16-40-68)89-60-73(59-88(103)93(89)97)101(71-45-21-7-22-46-71)95-75(65-33-9-1-10-34-65)49-31-50-76(95)66-35-11-2-12-36-66/h1-64H. The Balaban J connectivity index is 0.909. The minimum atomic E-state index is -0.358. The van der Waals surface area contributed by atoms with E-state index < -0.39 is 0 Å². The van der Waals surface area contributed by atoms with Gasteiger partial charge in [-0.25, -0.2) is 4.39 Å². The third-order valence-corrected chi connectivity index (χ3v) is 22.4. The first-order valence-electron chi connectivity index (χ1n) is 35.9. The molecule has 0 fully saturated rings. The summed E-state index contributed by atoms with van der Waals surface area (Å²) in [6, 6.07) is 140. The van der Waals surface area contributed by atoms with Crippen molar-refractivity contribution in [3.63, 3.8) is 0 Å². The van der Waals surface area contributed by atoms with E-state index in [1.165, 1.54) is 16.4 Å². The zero-order valence-electron chi connectivity index (χ0n) is 57.1. The van der Waals surface area contributed by atoms with E-state index in [1.54, 1.807) is 6.07 Å². The van der Waals surface area contributed by atoms with E-state index in [1.807, 2.05) is 30.0 Å². The molecule has 0 aliphatic carbocycles. The van der Waals surface area contributed by atoms with Crippen LogP contribution < -0.4 is 57.3 Å². The van der Waals surface area contributed by atoms with Crippen LogP contribution >= 0.6 is 11.8 Å². The van der Waals surface area contributed by atoms with Crippen LogP contribution in [0.1, 0.15) is 0 Å². The smallest absolute Gasteiger partial charge is 0.252 e. The lowest BCUT2D eigenvalue weighted by atomic mass is 9.31. The SMILES string of the molecule is Fc1ccccc1N1c2cc3c(cc2B2c4ccccc4N(c4c(-c5ccccc5)cccc4-c4ccccc4)c4cc(N(c5ccccc5)c5c(-c6ccccc6)cccc5-c5ccccc5)cc1c42)B1c2ccccc2N(c2ccccc2)c2cc(N(c4ccccc4)c4ccccc4)cc(c21)S3. The Morgan fingerprint density at radius 3 is 1.15 bits per heavy atom. The van der Waals surface area contributed by atoms with Gasteiger partial charge in [-0.3, -0.25) is 0 Å². The topological polar surface area (TPSA) is 16.2 Å². The van der Waals surface area contributed by atoms with Gasteiger partial charge in [0, 0.05) is 94.6 Å². The molecule has 4 heterocycles. The molecule has 0 atom stereocenters. The zero-order valence-corrected chi connectivity index (χ0v) is 57.9. The van der Waals surface area contributed by atoms with Crippen molar-refractivity contribution in [2.24, 2.45) is 0 Å². The van der Waals surface area contributed by atoms with Gasteiger partial charge in [-0.1, -0.05) is 302 Å². The van der Waals surface area contributed by atoms with Gasteiger partial charge in [0.2, 0.25) is 6.71 Å². The first-order chi connectivity index (χ1) is 52.1. The number of nitrogens with zero attached hydrogens (tertiary/aromatic N) is 5. The van der Waals surface area contributed by atoms with Gasteiger partial charge in [-0.2, -0.15) is 0 Å². The molecule has 4 aliphatic heterocycles. The predicted molar refractivity (Wildman–Crippen MR) is 441 cm³/mol. The number of rotatable bonds is 13. The van der Waals surface area contributed by atoms with Crippen molar-refractivity contribution in [2.45, 2.75) is 9.79 Å². The van der Waals surface area contributed by atoms with Gasteiger partial charge in [0.05, 0.1) is 22.7 Å². The second-order valence-corrected chi connectivity index (χ2v) is 28.2. The summed E-state index contributed by atoms with van der Waals surface area (Å²) in [5.74, 6) is -0.329. The van der Waals surface area contributed by atoms with Gasteiger partial charge in [0.15, 0.2) is 0 Å². The first-order valence-corrected chi connectivity index (χ1v) is 36.7. The molecule has 0 saturated carbocycles. The number of halogens is 1. The monoisotopic (exact) mass is 1360 g/mol. The van der Waals surface area contributed by atoms with Crippen molar-refractivity contribution in [1.82, 2.24) is 0 Å². The summed E-state index contributed by atoms with van der Waals surface area (Å²) in [7, 11) is 0. The number of para-hydroxylation sites is 9. The van der Waals surface area contributed by atoms with Crippen LogP contribution in [0.4, 0.5) is 89.7 Å². The molecule has 0 spiro atoms. The molecule has 0 unspecified atom stereocenters. The molecule has 0 amide bonds. The lowest BCUT2D eigenvalue weighted by molar-refractivity contribution is 0.629. The number of anilines is 15. The number of hydrogen-bond acceptors (Lipinski definition) is 6. The summed E-state index contributed by atoms with van der Waals surface area (Å²) in [4.78, 5) is 14.4. The Kier molecular flexibility index (Phi) is 15.2. The van der Waals surface area contributed by atoms with Crippen LogP contribution in [-0.4, -0.2) is 13.4 Å². The van der Waals surface area contributed by atoms with Crippen molar-refractivity contribution >= 4 is 143 Å². The molecule has 9 heteroatoms.